The highest BCUT2D eigenvalue weighted by Gasteiger charge is 2.18. The number of benzene rings is 1. The summed E-state index contributed by atoms with van der Waals surface area (Å²) in [6.45, 7) is 1.87. The van der Waals surface area contributed by atoms with E-state index in [1.165, 1.54) is 19.3 Å². The van der Waals surface area contributed by atoms with Gasteiger partial charge in [-0.25, -0.2) is 4.98 Å². The van der Waals surface area contributed by atoms with Crippen molar-refractivity contribution in [2.24, 2.45) is 0 Å². The molecule has 5 heteroatoms. The van der Waals surface area contributed by atoms with E-state index in [1.54, 1.807) is 29.1 Å². The number of hydrogen-bond acceptors (Lipinski definition) is 3. The Morgan fingerprint density at radius 3 is 3.05 bits per heavy atom. The average molecular weight is 306 g/mol. The van der Waals surface area contributed by atoms with E-state index in [1.807, 2.05) is 0 Å². The molecule has 0 aliphatic carbocycles. The second-order valence-corrected chi connectivity index (χ2v) is 6.21. The average Bonchev–Trinajstić information content (AvgIpc) is 2.49. The molecule has 1 aromatic heterocycles. The molecule has 1 atom stereocenters. The van der Waals surface area contributed by atoms with Crippen LogP contribution in [0.15, 0.2) is 29.3 Å². The number of aromatic nitrogens is 2. The fourth-order valence-corrected chi connectivity index (χ4v) is 3.33. The van der Waals surface area contributed by atoms with Gasteiger partial charge in [-0.3, -0.25) is 9.36 Å². The Kier molecular flexibility index (Phi) is 4.27. The number of piperidine rings is 1. The van der Waals surface area contributed by atoms with Gasteiger partial charge < -0.3 is 4.90 Å². The molecule has 21 heavy (non-hydrogen) atoms. The summed E-state index contributed by atoms with van der Waals surface area (Å²) in [6.07, 6.45) is 6.40. The van der Waals surface area contributed by atoms with E-state index < -0.39 is 0 Å². The third-order valence-corrected chi connectivity index (χ3v) is 4.73. The van der Waals surface area contributed by atoms with Crippen LogP contribution in [0.25, 0.3) is 10.9 Å². The van der Waals surface area contributed by atoms with Gasteiger partial charge in [-0.15, -0.1) is 0 Å². The molecular formula is C16H20ClN3O. The smallest absolute Gasteiger partial charge is 0.261 e. The molecule has 0 spiro atoms. The van der Waals surface area contributed by atoms with Crippen molar-refractivity contribution >= 4 is 22.5 Å². The second kappa shape index (κ2) is 6.16. The Hall–Kier alpha value is -1.39. The van der Waals surface area contributed by atoms with Crippen LogP contribution in [0.4, 0.5) is 0 Å². The fourth-order valence-electron chi connectivity index (χ4n) is 3.11. The van der Waals surface area contributed by atoms with E-state index >= 15 is 0 Å². The van der Waals surface area contributed by atoms with Gasteiger partial charge in [0.25, 0.3) is 5.56 Å². The van der Waals surface area contributed by atoms with Crippen molar-refractivity contribution in [1.82, 2.24) is 14.5 Å². The number of hydrogen-bond donors (Lipinski definition) is 0. The van der Waals surface area contributed by atoms with Gasteiger partial charge in [0, 0.05) is 12.6 Å². The molecule has 112 valence electrons. The number of fused-ring (bicyclic) bond motifs is 1. The second-order valence-electron chi connectivity index (χ2n) is 5.80. The molecule has 0 amide bonds. The quantitative estimate of drug-likeness (QED) is 0.875. The topological polar surface area (TPSA) is 38.1 Å². The van der Waals surface area contributed by atoms with Crippen molar-refractivity contribution in [3.63, 3.8) is 0 Å². The molecule has 4 nitrogen and oxygen atoms in total. The maximum absolute atomic E-state index is 12.5. The summed E-state index contributed by atoms with van der Waals surface area (Å²) in [6, 6.07) is 5.92. The Labute approximate surface area is 129 Å². The van der Waals surface area contributed by atoms with E-state index in [2.05, 4.69) is 16.9 Å². The predicted molar refractivity (Wildman–Crippen MR) is 85.9 cm³/mol. The predicted octanol–water partition coefficient (Wildman–Crippen LogP) is 2.92. The maximum atomic E-state index is 12.5. The van der Waals surface area contributed by atoms with Gasteiger partial charge in [0.15, 0.2) is 0 Å². The molecule has 0 saturated carbocycles. The summed E-state index contributed by atoms with van der Waals surface area (Å²) in [7, 11) is 2.17. The van der Waals surface area contributed by atoms with Crippen molar-refractivity contribution in [2.75, 3.05) is 13.6 Å². The van der Waals surface area contributed by atoms with Gasteiger partial charge in [0.2, 0.25) is 0 Å². The highest BCUT2D eigenvalue weighted by Crippen LogP contribution is 2.19. The Bertz CT molecular complexity index is 697. The van der Waals surface area contributed by atoms with Crippen LogP contribution in [-0.4, -0.2) is 34.1 Å². The van der Waals surface area contributed by atoms with Gasteiger partial charge in [0.05, 0.1) is 22.3 Å². The minimum absolute atomic E-state index is 0.000891. The van der Waals surface area contributed by atoms with E-state index in [0.29, 0.717) is 28.5 Å². The normalized spacial score (nSPS) is 20.0. The first-order chi connectivity index (χ1) is 10.2. The van der Waals surface area contributed by atoms with Crippen molar-refractivity contribution in [3.8, 4) is 0 Å². The van der Waals surface area contributed by atoms with Crippen LogP contribution >= 0.6 is 11.6 Å². The lowest BCUT2D eigenvalue weighted by Gasteiger charge is -2.32. The number of nitrogens with zero attached hydrogens (tertiary/aromatic N) is 3. The highest BCUT2D eigenvalue weighted by molar-refractivity contribution is 6.34. The van der Waals surface area contributed by atoms with Crippen LogP contribution in [0, 0.1) is 0 Å². The number of para-hydroxylation sites is 1. The summed E-state index contributed by atoms with van der Waals surface area (Å²) in [5, 5.41) is 1.13. The van der Waals surface area contributed by atoms with Gasteiger partial charge in [-0.1, -0.05) is 24.1 Å². The van der Waals surface area contributed by atoms with E-state index in [-0.39, 0.29) is 5.56 Å². The summed E-state index contributed by atoms with van der Waals surface area (Å²) in [4.78, 5) is 19.2. The zero-order chi connectivity index (χ0) is 14.8. The zero-order valence-corrected chi connectivity index (χ0v) is 13.0. The summed E-state index contributed by atoms with van der Waals surface area (Å²) in [5.74, 6) is 0. The first-order valence-electron chi connectivity index (χ1n) is 7.51. The van der Waals surface area contributed by atoms with E-state index in [9.17, 15) is 4.79 Å². The highest BCUT2D eigenvalue weighted by atomic mass is 35.5. The van der Waals surface area contributed by atoms with Crippen LogP contribution in [0.2, 0.25) is 5.02 Å². The van der Waals surface area contributed by atoms with Gasteiger partial charge >= 0.3 is 0 Å². The Morgan fingerprint density at radius 2 is 2.24 bits per heavy atom. The minimum Gasteiger partial charge on any atom is -0.303 e. The van der Waals surface area contributed by atoms with Crippen molar-refractivity contribution in [1.29, 1.82) is 0 Å². The molecule has 1 aliphatic rings. The molecule has 1 fully saturated rings. The number of aryl methyl sites for hydroxylation is 1. The fraction of sp³-hybridized carbons (Fsp3) is 0.500. The lowest BCUT2D eigenvalue weighted by atomic mass is 10.0. The standard InChI is InChI=1S/C16H20ClN3O/c1-19-9-3-2-5-12(19)8-10-20-11-18-15-13(16(20)21)6-4-7-14(15)17/h4,6-7,11-12H,2-3,5,8-10H2,1H3. The van der Waals surface area contributed by atoms with Crippen molar-refractivity contribution in [2.45, 2.75) is 38.3 Å². The molecule has 2 heterocycles. The molecule has 0 bridgehead atoms. The summed E-state index contributed by atoms with van der Waals surface area (Å²) in [5.41, 5.74) is 0.594. The van der Waals surface area contributed by atoms with Crippen LogP contribution in [-0.2, 0) is 6.54 Å². The largest absolute Gasteiger partial charge is 0.303 e. The SMILES string of the molecule is CN1CCCCC1CCn1cnc2c(Cl)cccc2c1=O. The lowest BCUT2D eigenvalue weighted by molar-refractivity contribution is 0.170. The van der Waals surface area contributed by atoms with Crippen LogP contribution in [0.3, 0.4) is 0 Å². The number of rotatable bonds is 3. The van der Waals surface area contributed by atoms with Gasteiger partial charge in [0.1, 0.15) is 0 Å². The monoisotopic (exact) mass is 305 g/mol. The molecule has 1 saturated heterocycles. The first kappa shape index (κ1) is 14.5. The van der Waals surface area contributed by atoms with E-state index in [4.69, 9.17) is 11.6 Å². The Balaban J connectivity index is 1.81. The van der Waals surface area contributed by atoms with Crippen LogP contribution in [0.5, 0.6) is 0 Å². The summed E-state index contributed by atoms with van der Waals surface area (Å²) >= 11 is 6.08. The van der Waals surface area contributed by atoms with Gasteiger partial charge in [-0.2, -0.15) is 0 Å². The van der Waals surface area contributed by atoms with Crippen molar-refractivity contribution in [3.05, 3.63) is 39.9 Å². The van der Waals surface area contributed by atoms with E-state index in [0.717, 1.165) is 13.0 Å². The number of halogens is 1. The van der Waals surface area contributed by atoms with Crippen molar-refractivity contribution < 1.29 is 0 Å². The molecular weight excluding hydrogens is 286 g/mol. The third-order valence-electron chi connectivity index (χ3n) is 4.43. The molecule has 2 aromatic rings. The zero-order valence-electron chi connectivity index (χ0n) is 12.3. The molecule has 1 unspecified atom stereocenters. The summed E-state index contributed by atoms with van der Waals surface area (Å²) < 4.78 is 1.71. The molecule has 3 rings (SSSR count). The molecule has 1 aromatic carbocycles. The molecule has 0 N–H and O–H groups in total. The lowest BCUT2D eigenvalue weighted by Crippen LogP contribution is -2.37. The van der Waals surface area contributed by atoms with Gasteiger partial charge in [-0.05, 0) is 45.0 Å². The first-order valence-corrected chi connectivity index (χ1v) is 7.88. The minimum atomic E-state index is 0.000891. The Morgan fingerprint density at radius 1 is 1.38 bits per heavy atom. The molecule has 0 radical (unpaired) electrons. The molecule has 1 aliphatic heterocycles. The number of likely N-dealkylation sites (tertiary alicyclic amines) is 1. The van der Waals surface area contributed by atoms with Crippen LogP contribution in [0.1, 0.15) is 25.7 Å². The third kappa shape index (κ3) is 2.97. The maximum Gasteiger partial charge on any atom is 0.261 e. The van der Waals surface area contributed by atoms with Crippen LogP contribution < -0.4 is 5.56 Å².